The van der Waals surface area contributed by atoms with Gasteiger partial charge < -0.3 is 19.5 Å². The van der Waals surface area contributed by atoms with Gasteiger partial charge in [-0.1, -0.05) is 0 Å². The van der Waals surface area contributed by atoms with Crippen molar-refractivity contribution in [1.29, 1.82) is 0 Å². The molecule has 20 heavy (non-hydrogen) atoms. The van der Waals surface area contributed by atoms with Gasteiger partial charge in [0.05, 0.1) is 25.0 Å². The van der Waals surface area contributed by atoms with Crippen LogP contribution in [0, 0.1) is 0 Å². The molecule has 108 valence electrons. The van der Waals surface area contributed by atoms with Gasteiger partial charge in [-0.15, -0.1) is 0 Å². The maximum atomic E-state index is 5.43. The van der Waals surface area contributed by atoms with E-state index in [0.717, 1.165) is 29.6 Å². The van der Waals surface area contributed by atoms with Crippen molar-refractivity contribution in [3.63, 3.8) is 0 Å². The smallest absolute Gasteiger partial charge is 0.204 e. The van der Waals surface area contributed by atoms with Crippen molar-refractivity contribution in [1.82, 2.24) is 9.55 Å². The zero-order valence-electron chi connectivity index (χ0n) is 12.6. The van der Waals surface area contributed by atoms with Crippen LogP contribution in [0.1, 0.15) is 12.6 Å². The standard InChI is InChI=1S/C15H22N4O/c1-5-20-14-8-6-12(7-9-14)16-10-13-11-17-15(18(2)3)19(13)4/h6-9,11,16H,5,10H2,1-4H3. The van der Waals surface area contributed by atoms with Crippen molar-refractivity contribution in [3.8, 4) is 5.75 Å². The van der Waals surface area contributed by atoms with Crippen LogP contribution in [0.2, 0.25) is 0 Å². The molecule has 0 radical (unpaired) electrons. The minimum atomic E-state index is 0.690. The summed E-state index contributed by atoms with van der Waals surface area (Å²) in [5.41, 5.74) is 2.21. The van der Waals surface area contributed by atoms with E-state index in [-0.39, 0.29) is 0 Å². The van der Waals surface area contributed by atoms with Gasteiger partial charge in [-0.25, -0.2) is 4.98 Å². The molecular formula is C15H22N4O. The van der Waals surface area contributed by atoms with Crippen LogP contribution in [0.3, 0.4) is 0 Å². The van der Waals surface area contributed by atoms with Crippen LogP contribution >= 0.6 is 0 Å². The molecule has 0 amide bonds. The van der Waals surface area contributed by atoms with Crippen molar-refractivity contribution in [2.75, 3.05) is 30.9 Å². The lowest BCUT2D eigenvalue weighted by Gasteiger charge is -2.13. The Kier molecular flexibility index (Phi) is 4.50. The quantitative estimate of drug-likeness (QED) is 0.879. The number of nitrogens with zero attached hydrogens (tertiary/aromatic N) is 3. The number of rotatable bonds is 6. The Balaban J connectivity index is 1.98. The normalized spacial score (nSPS) is 10.4. The summed E-state index contributed by atoms with van der Waals surface area (Å²) in [6.07, 6.45) is 1.90. The van der Waals surface area contributed by atoms with Gasteiger partial charge in [0.15, 0.2) is 0 Å². The second-order valence-corrected chi connectivity index (χ2v) is 4.81. The van der Waals surface area contributed by atoms with Crippen LogP contribution in [-0.2, 0) is 13.6 Å². The fourth-order valence-corrected chi connectivity index (χ4v) is 2.04. The summed E-state index contributed by atoms with van der Waals surface area (Å²) in [4.78, 5) is 6.40. The number of aromatic nitrogens is 2. The first-order valence-electron chi connectivity index (χ1n) is 6.76. The van der Waals surface area contributed by atoms with E-state index in [0.29, 0.717) is 6.61 Å². The highest BCUT2D eigenvalue weighted by Crippen LogP contribution is 2.17. The molecule has 2 aromatic rings. The Hall–Kier alpha value is -2.17. The zero-order chi connectivity index (χ0) is 14.5. The molecule has 1 N–H and O–H groups in total. The first-order chi connectivity index (χ1) is 9.61. The average molecular weight is 274 g/mol. The molecule has 0 saturated heterocycles. The lowest BCUT2D eigenvalue weighted by Crippen LogP contribution is -2.15. The molecule has 0 saturated carbocycles. The van der Waals surface area contributed by atoms with Gasteiger partial charge in [0.2, 0.25) is 5.95 Å². The predicted molar refractivity (Wildman–Crippen MR) is 82.5 cm³/mol. The molecule has 1 aromatic heterocycles. The second-order valence-electron chi connectivity index (χ2n) is 4.81. The van der Waals surface area contributed by atoms with Crippen LogP contribution < -0.4 is 15.0 Å². The van der Waals surface area contributed by atoms with Crippen LogP contribution in [0.4, 0.5) is 11.6 Å². The summed E-state index contributed by atoms with van der Waals surface area (Å²) >= 11 is 0. The average Bonchev–Trinajstić information content (AvgIpc) is 2.80. The Morgan fingerprint density at radius 2 is 1.95 bits per heavy atom. The molecule has 1 aromatic carbocycles. The van der Waals surface area contributed by atoms with Gasteiger partial charge in [-0.3, -0.25) is 0 Å². The number of anilines is 2. The third-order valence-electron chi connectivity index (χ3n) is 3.10. The Morgan fingerprint density at radius 3 is 2.50 bits per heavy atom. The summed E-state index contributed by atoms with van der Waals surface area (Å²) in [5, 5.41) is 3.39. The molecule has 0 aliphatic rings. The summed E-state index contributed by atoms with van der Waals surface area (Å²) in [5.74, 6) is 1.85. The highest BCUT2D eigenvalue weighted by atomic mass is 16.5. The summed E-state index contributed by atoms with van der Waals surface area (Å²) in [6.45, 7) is 3.41. The summed E-state index contributed by atoms with van der Waals surface area (Å²) in [6, 6.07) is 7.99. The molecule has 0 aliphatic heterocycles. The van der Waals surface area contributed by atoms with Gasteiger partial charge in [0.1, 0.15) is 5.75 Å². The largest absolute Gasteiger partial charge is 0.494 e. The summed E-state index contributed by atoms with van der Waals surface area (Å²) < 4.78 is 7.51. The van der Waals surface area contributed by atoms with Crippen LogP contribution in [-0.4, -0.2) is 30.3 Å². The number of ether oxygens (including phenoxy) is 1. The van der Waals surface area contributed by atoms with E-state index in [9.17, 15) is 0 Å². The lowest BCUT2D eigenvalue weighted by atomic mass is 10.3. The van der Waals surface area contributed by atoms with Crippen molar-refractivity contribution in [3.05, 3.63) is 36.2 Å². The van der Waals surface area contributed by atoms with Crippen LogP contribution in [0.25, 0.3) is 0 Å². The Labute approximate surface area is 120 Å². The molecule has 2 rings (SSSR count). The SMILES string of the molecule is CCOc1ccc(NCc2cnc(N(C)C)n2C)cc1. The highest BCUT2D eigenvalue weighted by Gasteiger charge is 2.07. The monoisotopic (exact) mass is 274 g/mol. The van der Waals surface area contributed by atoms with E-state index in [1.807, 2.05) is 63.4 Å². The molecule has 0 atom stereocenters. The maximum absolute atomic E-state index is 5.43. The van der Waals surface area contributed by atoms with Crippen molar-refractivity contribution in [2.24, 2.45) is 7.05 Å². The number of imidazole rings is 1. The zero-order valence-corrected chi connectivity index (χ0v) is 12.6. The van der Waals surface area contributed by atoms with Gasteiger partial charge in [0.25, 0.3) is 0 Å². The topological polar surface area (TPSA) is 42.3 Å². The van der Waals surface area contributed by atoms with Crippen molar-refractivity contribution < 1.29 is 4.74 Å². The second kappa shape index (κ2) is 6.32. The van der Waals surface area contributed by atoms with Crippen molar-refractivity contribution >= 4 is 11.6 Å². The van der Waals surface area contributed by atoms with E-state index in [1.54, 1.807) is 0 Å². The fourth-order valence-electron chi connectivity index (χ4n) is 2.04. The number of benzene rings is 1. The van der Waals surface area contributed by atoms with Gasteiger partial charge in [-0.05, 0) is 31.2 Å². The van der Waals surface area contributed by atoms with E-state index in [1.165, 1.54) is 0 Å². The Bertz CT molecular complexity index is 546. The van der Waals surface area contributed by atoms with Gasteiger partial charge >= 0.3 is 0 Å². The van der Waals surface area contributed by atoms with E-state index < -0.39 is 0 Å². The molecular weight excluding hydrogens is 252 g/mol. The molecule has 0 spiro atoms. The minimum Gasteiger partial charge on any atom is -0.494 e. The van der Waals surface area contributed by atoms with Crippen molar-refractivity contribution in [2.45, 2.75) is 13.5 Å². The lowest BCUT2D eigenvalue weighted by molar-refractivity contribution is 0.340. The molecule has 0 fully saturated rings. The minimum absolute atomic E-state index is 0.690. The van der Waals surface area contributed by atoms with Crippen LogP contribution in [0.5, 0.6) is 5.75 Å². The molecule has 5 heteroatoms. The molecule has 5 nitrogen and oxygen atoms in total. The number of hydrogen-bond donors (Lipinski definition) is 1. The molecule has 1 heterocycles. The number of nitrogens with one attached hydrogen (secondary N) is 1. The first-order valence-corrected chi connectivity index (χ1v) is 6.76. The van der Waals surface area contributed by atoms with E-state index >= 15 is 0 Å². The number of hydrogen-bond acceptors (Lipinski definition) is 4. The highest BCUT2D eigenvalue weighted by molar-refractivity contribution is 5.46. The van der Waals surface area contributed by atoms with E-state index in [4.69, 9.17) is 4.74 Å². The maximum Gasteiger partial charge on any atom is 0.204 e. The molecule has 0 bridgehead atoms. The molecule has 0 unspecified atom stereocenters. The van der Waals surface area contributed by atoms with E-state index in [2.05, 4.69) is 14.9 Å². The predicted octanol–water partition coefficient (Wildman–Crippen LogP) is 2.50. The third-order valence-corrected chi connectivity index (χ3v) is 3.10. The first kappa shape index (κ1) is 14.2. The summed E-state index contributed by atoms with van der Waals surface area (Å²) in [7, 11) is 6.01. The van der Waals surface area contributed by atoms with Crippen LogP contribution in [0.15, 0.2) is 30.5 Å². The fraction of sp³-hybridized carbons (Fsp3) is 0.400. The van der Waals surface area contributed by atoms with Gasteiger partial charge in [-0.2, -0.15) is 0 Å². The van der Waals surface area contributed by atoms with Gasteiger partial charge in [0, 0.05) is 26.8 Å². The third kappa shape index (κ3) is 3.23. The molecule has 0 aliphatic carbocycles. The Morgan fingerprint density at radius 1 is 1.25 bits per heavy atom.